The van der Waals surface area contributed by atoms with Crippen molar-refractivity contribution >= 4 is 0 Å². The van der Waals surface area contributed by atoms with E-state index in [1.165, 1.54) is 11.1 Å². The molecule has 3 aromatic carbocycles. The predicted molar refractivity (Wildman–Crippen MR) is 126 cm³/mol. The zero-order chi connectivity index (χ0) is 22.5. The van der Waals surface area contributed by atoms with Crippen molar-refractivity contribution in [2.75, 3.05) is 0 Å². The lowest BCUT2D eigenvalue weighted by atomic mass is 9.99. The number of benzene rings is 3. The summed E-state index contributed by atoms with van der Waals surface area (Å²) < 4.78 is 11.5. The molecule has 0 aliphatic rings. The molecular weight excluding hydrogens is 412 g/mol. The van der Waals surface area contributed by atoms with Gasteiger partial charge in [-0.25, -0.2) is 0 Å². The third-order valence-corrected chi connectivity index (χ3v) is 5.57. The van der Waals surface area contributed by atoms with E-state index in [-0.39, 0.29) is 6.04 Å². The van der Waals surface area contributed by atoms with E-state index in [2.05, 4.69) is 69.2 Å². The van der Waals surface area contributed by atoms with Gasteiger partial charge in [-0.1, -0.05) is 96.2 Å². The van der Waals surface area contributed by atoms with Gasteiger partial charge >= 0.3 is 0 Å². The molecular formula is C27H24N4O2. The number of aryl methyl sites for hydroxylation is 1. The summed E-state index contributed by atoms with van der Waals surface area (Å²) in [6.45, 7) is 2.30. The normalized spacial score (nSPS) is 12.0. The van der Waals surface area contributed by atoms with E-state index in [0.29, 0.717) is 29.8 Å². The monoisotopic (exact) mass is 436 g/mol. The van der Waals surface area contributed by atoms with Gasteiger partial charge in [0, 0.05) is 11.6 Å². The Hall–Kier alpha value is -4.03. The molecule has 0 aliphatic heterocycles. The molecule has 1 atom stereocenters. The Kier molecular flexibility index (Phi) is 6.08. The highest BCUT2D eigenvalue weighted by Gasteiger charge is 2.22. The van der Waals surface area contributed by atoms with Crippen molar-refractivity contribution in [3.05, 3.63) is 114 Å². The molecule has 6 heteroatoms. The lowest BCUT2D eigenvalue weighted by Crippen LogP contribution is -2.23. The summed E-state index contributed by atoms with van der Waals surface area (Å²) in [6.07, 6.45) is 0.856. The van der Waals surface area contributed by atoms with E-state index in [0.717, 1.165) is 17.5 Å². The topological polar surface area (TPSA) is 77.0 Å². The van der Waals surface area contributed by atoms with Gasteiger partial charge in [0.05, 0.1) is 6.54 Å². The summed E-state index contributed by atoms with van der Waals surface area (Å²) in [5.74, 6) is 1.56. The Morgan fingerprint density at radius 3 is 2.21 bits per heavy atom. The zero-order valence-electron chi connectivity index (χ0n) is 18.3. The van der Waals surface area contributed by atoms with E-state index in [1.54, 1.807) is 0 Å². The zero-order valence-corrected chi connectivity index (χ0v) is 18.3. The van der Waals surface area contributed by atoms with Gasteiger partial charge < -0.3 is 14.3 Å². The molecule has 5 aromatic rings. The van der Waals surface area contributed by atoms with Crippen molar-refractivity contribution in [2.45, 2.75) is 25.9 Å². The number of aromatic nitrogens is 3. The summed E-state index contributed by atoms with van der Waals surface area (Å²) in [6, 6.07) is 30.8. The molecule has 0 radical (unpaired) electrons. The summed E-state index contributed by atoms with van der Waals surface area (Å²) in [7, 11) is 0. The van der Waals surface area contributed by atoms with E-state index >= 15 is 0 Å². The lowest BCUT2D eigenvalue weighted by Gasteiger charge is -2.18. The first kappa shape index (κ1) is 20.8. The molecule has 2 aromatic heterocycles. The third kappa shape index (κ3) is 4.76. The summed E-state index contributed by atoms with van der Waals surface area (Å²) in [5, 5.41) is 16.4. The average molecular weight is 437 g/mol. The van der Waals surface area contributed by atoms with Gasteiger partial charge in [0.1, 0.15) is 17.0 Å². The van der Waals surface area contributed by atoms with Gasteiger partial charge in [-0.3, -0.25) is 0 Å². The van der Waals surface area contributed by atoms with Crippen LogP contribution in [0.1, 0.15) is 28.8 Å². The molecule has 0 bridgehead atoms. The van der Waals surface area contributed by atoms with Crippen LogP contribution in [0.15, 0.2) is 99.9 Å². The Morgan fingerprint density at radius 2 is 1.48 bits per heavy atom. The number of hydrogen-bond donors (Lipinski definition) is 1. The second-order valence-corrected chi connectivity index (χ2v) is 7.86. The number of hydrogen-bond acceptors (Lipinski definition) is 6. The lowest BCUT2D eigenvalue weighted by molar-refractivity contribution is 0.399. The fraction of sp³-hybridized carbons (Fsp3) is 0.148. The SMILES string of the molecule is Cc1onc(-c2ccccc2)c1-c1nnc(CNC(Cc2ccccc2)c2ccccc2)o1. The Bertz CT molecular complexity index is 1300. The second-order valence-electron chi connectivity index (χ2n) is 7.86. The first-order valence-electron chi connectivity index (χ1n) is 10.9. The summed E-state index contributed by atoms with van der Waals surface area (Å²) in [4.78, 5) is 0. The molecule has 0 aliphatic carbocycles. The molecule has 164 valence electrons. The molecule has 0 spiro atoms. The first-order chi connectivity index (χ1) is 16.3. The van der Waals surface area contributed by atoms with Crippen molar-refractivity contribution in [1.29, 1.82) is 0 Å². The van der Waals surface area contributed by atoms with Gasteiger partial charge in [0.2, 0.25) is 5.89 Å². The third-order valence-electron chi connectivity index (χ3n) is 5.57. The number of nitrogens with one attached hydrogen (secondary N) is 1. The van der Waals surface area contributed by atoms with Crippen LogP contribution in [0.3, 0.4) is 0 Å². The first-order valence-corrected chi connectivity index (χ1v) is 10.9. The quantitative estimate of drug-likeness (QED) is 0.333. The maximum Gasteiger partial charge on any atom is 0.253 e. The van der Waals surface area contributed by atoms with Crippen LogP contribution in [0.25, 0.3) is 22.7 Å². The molecule has 5 rings (SSSR count). The minimum Gasteiger partial charge on any atom is -0.419 e. The fourth-order valence-corrected chi connectivity index (χ4v) is 3.90. The van der Waals surface area contributed by atoms with E-state index in [1.807, 2.05) is 49.4 Å². The maximum atomic E-state index is 6.02. The molecule has 0 fully saturated rings. The van der Waals surface area contributed by atoms with Crippen LogP contribution >= 0.6 is 0 Å². The molecule has 6 nitrogen and oxygen atoms in total. The Labute approximate surface area is 192 Å². The summed E-state index contributed by atoms with van der Waals surface area (Å²) >= 11 is 0. The minimum absolute atomic E-state index is 0.112. The van der Waals surface area contributed by atoms with Crippen LogP contribution in [0.4, 0.5) is 0 Å². The predicted octanol–water partition coefficient (Wildman–Crippen LogP) is 5.77. The molecule has 1 N–H and O–H groups in total. The summed E-state index contributed by atoms with van der Waals surface area (Å²) in [5.41, 5.74) is 4.83. The standard InChI is InChI=1S/C27H24N4O2/c1-19-25(26(31-33-19)22-15-9-4-10-16-22)27-30-29-24(32-27)18-28-23(21-13-7-3-8-14-21)17-20-11-5-2-6-12-20/h2-16,23,28H,17-18H2,1H3. The van der Waals surface area contributed by atoms with Gasteiger partial charge in [-0.2, -0.15) is 0 Å². The molecule has 0 saturated carbocycles. The Morgan fingerprint density at radius 1 is 0.818 bits per heavy atom. The maximum absolute atomic E-state index is 6.02. The van der Waals surface area contributed by atoms with Crippen LogP contribution in [0.2, 0.25) is 0 Å². The molecule has 0 saturated heterocycles. The van der Waals surface area contributed by atoms with Crippen molar-refractivity contribution in [3.8, 4) is 22.7 Å². The minimum atomic E-state index is 0.112. The van der Waals surface area contributed by atoms with Crippen LogP contribution < -0.4 is 5.32 Å². The van der Waals surface area contributed by atoms with Crippen molar-refractivity contribution < 1.29 is 8.94 Å². The highest BCUT2D eigenvalue weighted by atomic mass is 16.5. The van der Waals surface area contributed by atoms with Crippen LogP contribution in [0, 0.1) is 6.92 Å². The van der Waals surface area contributed by atoms with Crippen molar-refractivity contribution in [2.24, 2.45) is 0 Å². The van der Waals surface area contributed by atoms with Gasteiger partial charge in [-0.15, -0.1) is 10.2 Å². The Balaban J connectivity index is 1.36. The number of rotatable bonds is 8. The molecule has 1 unspecified atom stereocenters. The molecule has 33 heavy (non-hydrogen) atoms. The van der Waals surface area contributed by atoms with Gasteiger partial charge in [0.15, 0.2) is 0 Å². The highest BCUT2D eigenvalue weighted by Crippen LogP contribution is 2.33. The van der Waals surface area contributed by atoms with Gasteiger partial charge in [-0.05, 0) is 24.5 Å². The molecule has 0 amide bonds. The van der Waals surface area contributed by atoms with Crippen LogP contribution in [-0.2, 0) is 13.0 Å². The van der Waals surface area contributed by atoms with Crippen LogP contribution in [0.5, 0.6) is 0 Å². The second kappa shape index (κ2) is 9.63. The smallest absolute Gasteiger partial charge is 0.253 e. The van der Waals surface area contributed by atoms with E-state index in [9.17, 15) is 0 Å². The van der Waals surface area contributed by atoms with Crippen LogP contribution in [-0.4, -0.2) is 15.4 Å². The largest absolute Gasteiger partial charge is 0.419 e. The van der Waals surface area contributed by atoms with Gasteiger partial charge in [0.25, 0.3) is 5.89 Å². The van der Waals surface area contributed by atoms with Crippen molar-refractivity contribution in [3.63, 3.8) is 0 Å². The fourth-order valence-electron chi connectivity index (χ4n) is 3.90. The van der Waals surface area contributed by atoms with Crippen molar-refractivity contribution in [1.82, 2.24) is 20.7 Å². The van der Waals surface area contributed by atoms with E-state index in [4.69, 9.17) is 8.94 Å². The number of nitrogens with zero attached hydrogens (tertiary/aromatic N) is 3. The molecule has 2 heterocycles. The highest BCUT2D eigenvalue weighted by molar-refractivity contribution is 5.77. The van der Waals surface area contributed by atoms with E-state index < -0.39 is 0 Å². The average Bonchev–Trinajstić information content (AvgIpc) is 3.49.